The van der Waals surface area contributed by atoms with Gasteiger partial charge in [0.25, 0.3) is 0 Å². The van der Waals surface area contributed by atoms with Crippen LogP contribution in [0.4, 0.5) is 0 Å². The summed E-state index contributed by atoms with van der Waals surface area (Å²) in [6.07, 6.45) is 12.9. The zero-order valence-corrected chi connectivity index (χ0v) is 30.9. The lowest BCUT2D eigenvalue weighted by atomic mass is 9.32. The van der Waals surface area contributed by atoms with Crippen LogP contribution in [0.25, 0.3) is 5.57 Å². The molecule has 0 radical (unpaired) electrons. The Morgan fingerprint density at radius 2 is 1.62 bits per heavy atom. The van der Waals surface area contributed by atoms with Gasteiger partial charge in [-0.15, -0.1) is 0 Å². The minimum Gasteiger partial charge on any atom is -0.465 e. The van der Waals surface area contributed by atoms with Crippen LogP contribution in [0.15, 0.2) is 42.5 Å². The Bertz CT molecular complexity index is 1440. The lowest BCUT2D eigenvalue weighted by Gasteiger charge is -2.72. The molecule has 258 valence electrons. The number of allylic oxidation sites excluding steroid dienone is 3. The first kappa shape index (κ1) is 34.5. The van der Waals surface area contributed by atoms with E-state index in [2.05, 4.69) is 90.6 Å². The van der Waals surface area contributed by atoms with E-state index in [0.29, 0.717) is 41.1 Å². The standard InChI is InChI=1S/C42H62N2O3/c1-27(2)30-17-22-42(37(46)43-25-26-44(8)9)24-23-40(6)32(35(30)42)15-16-34-39(5)20-18-31(28-11-13-29(14-12-28)36(45)47-10)38(3,4)33(39)19-21-41(34,40)7/h11-14,18,30,32-35H,1,15-17,19-26H2,2-10H3,(H,43,46)/t30-,32+,33-,34+,35+,39-,40+,41+,42-/m0/s1. The fourth-order valence-electron chi connectivity index (χ4n) is 13.1. The topological polar surface area (TPSA) is 58.6 Å². The molecule has 0 saturated heterocycles. The van der Waals surface area contributed by atoms with Crippen molar-refractivity contribution in [1.82, 2.24) is 10.2 Å². The van der Waals surface area contributed by atoms with Crippen molar-refractivity contribution < 1.29 is 14.3 Å². The first-order chi connectivity index (χ1) is 22.1. The van der Waals surface area contributed by atoms with E-state index in [1.807, 2.05) is 12.1 Å². The maximum absolute atomic E-state index is 14.2. The van der Waals surface area contributed by atoms with E-state index in [1.165, 1.54) is 49.5 Å². The number of carbonyl (C=O) groups excluding carboxylic acids is 2. The van der Waals surface area contributed by atoms with Gasteiger partial charge in [0.2, 0.25) is 5.91 Å². The van der Waals surface area contributed by atoms with E-state index in [4.69, 9.17) is 4.74 Å². The normalized spacial score (nSPS) is 40.3. The summed E-state index contributed by atoms with van der Waals surface area (Å²) in [4.78, 5) is 28.5. The van der Waals surface area contributed by atoms with Crippen molar-refractivity contribution in [3.8, 4) is 0 Å². The van der Waals surface area contributed by atoms with Gasteiger partial charge in [-0.2, -0.15) is 0 Å². The SMILES string of the molecule is C=C(C)[C@@H]1CC[C@]2(C(=O)NCCN(C)C)CC[C@]3(C)[C@H](CC[C@@H]4[C@@]5(C)CC=C(c6ccc(C(=O)OC)cc6)C(C)(C)[C@@H]5CC[C@]43C)[C@@H]12. The number of amides is 1. The fourth-order valence-corrected chi connectivity index (χ4v) is 13.1. The third-order valence-corrected chi connectivity index (χ3v) is 15.6. The molecule has 0 aliphatic heterocycles. The van der Waals surface area contributed by atoms with Crippen LogP contribution in [0.1, 0.15) is 115 Å². The van der Waals surface area contributed by atoms with E-state index in [0.717, 1.165) is 45.2 Å². The van der Waals surface area contributed by atoms with Crippen molar-refractivity contribution in [2.75, 3.05) is 34.3 Å². The number of benzene rings is 1. The van der Waals surface area contributed by atoms with E-state index in [9.17, 15) is 9.59 Å². The second kappa shape index (κ2) is 11.9. The highest BCUT2D eigenvalue weighted by atomic mass is 16.5. The third-order valence-electron chi connectivity index (χ3n) is 15.6. The van der Waals surface area contributed by atoms with Gasteiger partial charge in [0, 0.05) is 13.1 Å². The molecule has 6 rings (SSSR count). The molecule has 1 aromatic carbocycles. The third kappa shape index (κ3) is 5.02. The van der Waals surface area contributed by atoms with Crippen LogP contribution in [0.5, 0.6) is 0 Å². The Morgan fingerprint density at radius 1 is 0.915 bits per heavy atom. The van der Waals surface area contributed by atoms with E-state index in [1.54, 1.807) is 0 Å². The monoisotopic (exact) mass is 642 g/mol. The van der Waals surface area contributed by atoms with Crippen molar-refractivity contribution in [3.05, 3.63) is 53.6 Å². The van der Waals surface area contributed by atoms with E-state index < -0.39 is 0 Å². The molecule has 0 aromatic heterocycles. The number of hydrogen-bond acceptors (Lipinski definition) is 4. The number of rotatable bonds is 7. The molecular weight excluding hydrogens is 580 g/mol. The van der Waals surface area contributed by atoms with Gasteiger partial charge in [-0.3, -0.25) is 4.79 Å². The summed E-state index contributed by atoms with van der Waals surface area (Å²) in [5, 5.41) is 3.42. The van der Waals surface area contributed by atoms with Crippen LogP contribution in [-0.4, -0.2) is 51.1 Å². The van der Waals surface area contributed by atoms with E-state index >= 15 is 0 Å². The van der Waals surface area contributed by atoms with Gasteiger partial charge in [0.05, 0.1) is 18.1 Å². The number of ether oxygens (including phenoxy) is 1. The Hall–Kier alpha value is -2.40. The zero-order chi connectivity index (χ0) is 34.2. The second-order valence-electron chi connectivity index (χ2n) is 18.0. The predicted molar refractivity (Wildman–Crippen MR) is 192 cm³/mol. The van der Waals surface area contributed by atoms with Crippen molar-refractivity contribution in [2.45, 2.75) is 99.3 Å². The number of likely N-dealkylation sites (N-methyl/N-ethyl adjacent to an activating group) is 1. The molecule has 9 atom stereocenters. The molecule has 0 bridgehead atoms. The Balaban J connectivity index is 1.32. The molecular formula is C42H62N2O3. The lowest BCUT2D eigenvalue weighted by molar-refractivity contribution is -0.225. The predicted octanol–water partition coefficient (Wildman–Crippen LogP) is 8.80. The van der Waals surface area contributed by atoms with Gasteiger partial charge in [0.15, 0.2) is 0 Å². The molecule has 5 aliphatic carbocycles. The summed E-state index contributed by atoms with van der Waals surface area (Å²) < 4.78 is 4.95. The van der Waals surface area contributed by atoms with Gasteiger partial charge in [-0.05, 0) is 153 Å². The van der Waals surface area contributed by atoms with Crippen LogP contribution in [0.3, 0.4) is 0 Å². The molecule has 0 spiro atoms. The van der Waals surface area contributed by atoms with Crippen molar-refractivity contribution in [2.24, 2.45) is 56.7 Å². The van der Waals surface area contributed by atoms with Crippen LogP contribution in [0, 0.1) is 56.7 Å². The first-order valence-corrected chi connectivity index (χ1v) is 18.5. The van der Waals surface area contributed by atoms with Gasteiger partial charge in [-0.25, -0.2) is 4.79 Å². The average Bonchev–Trinajstić information content (AvgIpc) is 3.42. The summed E-state index contributed by atoms with van der Waals surface area (Å²) >= 11 is 0. The number of esters is 1. The smallest absolute Gasteiger partial charge is 0.337 e. The second-order valence-corrected chi connectivity index (χ2v) is 18.0. The molecule has 1 N–H and O–H groups in total. The summed E-state index contributed by atoms with van der Waals surface area (Å²) in [5.74, 6) is 2.67. The number of nitrogens with zero attached hydrogens (tertiary/aromatic N) is 1. The zero-order valence-electron chi connectivity index (χ0n) is 30.9. The van der Waals surface area contributed by atoms with Crippen molar-refractivity contribution in [3.63, 3.8) is 0 Å². The summed E-state index contributed by atoms with van der Waals surface area (Å²) in [7, 11) is 5.59. The average molecular weight is 643 g/mol. The van der Waals surface area contributed by atoms with Crippen LogP contribution in [0.2, 0.25) is 0 Å². The Morgan fingerprint density at radius 3 is 2.26 bits per heavy atom. The maximum atomic E-state index is 14.2. The lowest BCUT2D eigenvalue weighted by Crippen LogP contribution is -2.66. The number of fused-ring (bicyclic) bond motifs is 7. The molecule has 5 nitrogen and oxygen atoms in total. The van der Waals surface area contributed by atoms with Crippen molar-refractivity contribution >= 4 is 17.4 Å². The highest BCUT2D eigenvalue weighted by Gasteiger charge is 2.71. The molecule has 47 heavy (non-hydrogen) atoms. The molecule has 0 heterocycles. The van der Waals surface area contributed by atoms with Crippen molar-refractivity contribution in [1.29, 1.82) is 0 Å². The van der Waals surface area contributed by atoms with Gasteiger partial charge in [-0.1, -0.05) is 65.0 Å². The fraction of sp³-hybridized carbons (Fsp3) is 0.714. The number of hydrogen-bond donors (Lipinski definition) is 1. The summed E-state index contributed by atoms with van der Waals surface area (Å²) in [6.45, 7) is 21.3. The molecule has 1 aromatic rings. The minimum absolute atomic E-state index is 0.0295. The molecule has 1 amide bonds. The molecule has 5 aliphatic rings. The highest BCUT2D eigenvalue weighted by Crippen LogP contribution is 2.77. The maximum Gasteiger partial charge on any atom is 0.337 e. The number of methoxy groups -OCH3 is 1. The molecule has 4 fully saturated rings. The number of carbonyl (C=O) groups is 2. The molecule has 5 heteroatoms. The van der Waals surface area contributed by atoms with Gasteiger partial charge >= 0.3 is 5.97 Å². The Labute approximate surface area is 285 Å². The minimum atomic E-state index is -0.284. The Kier molecular flexibility index (Phi) is 8.71. The summed E-state index contributed by atoms with van der Waals surface area (Å²) in [5.41, 5.74) is 5.00. The summed E-state index contributed by atoms with van der Waals surface area (Å²) in [6, 6.07) is 8.07. The molecule has 0 unspecified atom stereocenters. The quantitative estimate of drug-likeness (QED) is 0.239. The first-order valence-electron chi connectivity index (χ1n) is 18.5. The molecule has 4 saturated carbocycles. The van der Waals surface area contributed by atoms with Crippen LogP contribution < -0.4 is 5.32 Å². The number of nitrogens with one attached hydrogen (secondary N) is 1. The van der Waals surface area contributed by atoms with Gasteiger partial charge in [0.1, 0.15) is 0 Å². The largest absolute Gasteiger partial charge is 0.465 e. The van der Waals surface area contributed by atoms with Gasteiger partial charge < -0.3 is 15.0 Å². The van der Waals surface area contributed by atoms with E-state index in [-0.39, 0.29) is 33.0 Å². The van der Waals surface area contributed by atoms with Crippen LogP contribution in [-0.2, 0) is 9.53 Å². The van der Waals surface area contributed by atoms with Crippen LogP contribution >= 0.6 is 0 Å². The highest BCUT2D eigenvalue weighted by molar-refractivity contribution is 5.90.